The van der Waals surface area contributed by atoms with E-state index >= 15 is 0 Å². The van der Waals surface area contributed by atoms with Gasteiger partial charge in [0.2, 0.25) is 11.0 Å². The van der Waals surface area contributed by atoms with Crippen LogP contribution in [0, 0.1) is 5.82 Å². The van der Waals surface area contributed by atoms with Gasteiger partial charge in [0.1, 0.15) is 16.6 Å². The van der Waals surface area contributed by atoms with Crippen molar-refractivity contribution in [1.82, 2.24) is 25.0 Å². The minimum absolute atomic E-state index is 0.107. The highest BCUT2D eigenvalue weighted by Crippen LogP contribution is 2.39. The summed E-state index contributed by atoms with van der Waals surface area (Å²) < 4.78 is 14.8. The first kappa shape index (κ1) is 18.6. The number of nitrogens with zero attached hydrogens (tertiary/aromatic N) is 5. The van der Waals surface area contributed by atoms with Crippen LogP contribution in [0.2, 0.25) is 0 Å². The minimum atomic E-state index is -0.420. The van der Waals surface area contributed by atoms with E-state index < -0.39 is 5.91 Å². The summed E-state index contributed by atoms with van der Waals surface area (Å²) in [4.78, 5) is 17.2. The van der Waals surface area contributed by atoms with Crippen LogP contribution in [0.15, 0.2) is 54.6 Å². The number of amides is 1. The van der Waals surface area contributed by atoms with Crippen molar-refractivity contribution in [3.63, 3.8) is 0 Å². The number of benzene rings is 2. The van der Waals surface area contributed by atoms with E-state index in [2.05, 4.69) is 25.6 Å². The molecule has 2 aromatic heterocycles. The van der Waals surface area contributed by atoms with Crippen molar-refractivity contribution in [1.29, 1.82) is 0 Å². The van der Waals surface area contributed by atoms with Gasteiger partial charge in [-0.15, -0.1) is 15.3 Å². The average molecular weight is 420 g/mol. The number of carbonyl (C=O) groups excluding carboxylic acids is 1. The SMILES string of the molecule is O=C(Nc1nnc(Cc2ccc(F)cc2)s1)c1nc(C2CC2)n(-c2ccccc2)n1. The summed E-state index contributed by atoms with van der Waals surface area (Å²) in [6, 6.07) is 15.9. The first-order valence-corrected chi connectivity index (χ1v) is 10.4. The maximum absolute atomic E-state index is 13.0. The highest BCUT2D eigenvalue weighted by molar-refractivity contribution is 7.15. The number of halogens is 1. The van der Waals surface area contributed by atoms with Crippen molar-refractivity contribution < 1.29 is 9.18 Å². The third-order valence-corrected chi connectivity index (χ3v) is 5.57. The van der Waals surface area contributed by atoms with Crippen LogP contribution in [-0.4, -0.2) is 30.9 Å². The number of carbonyl (C=O) groups is 1. The number of hydrogen-bond acceptors (Lipinski definition) is 6. The maximum Gasteiger partial charge on any atom is 0.297 e. The molecule has 4 aromatic rings. The van der Waals surface area contributed by atoms with Crippen molar-refractivity contribution in [2.75, 3.05) is 5.32 Å². The molecule has 9 heteroatoms. The number of anilines is 1. The van der Waals surface area contributed by atoms with Gasteiger partial charge in [-0.25, -0.2) is 14.1 Å². The van der Waals surface area contributed by atoms with E-state index in [4.69, 9.17) is 0 Å². The lowest BCUT2D eigenvalue weighted by atomic mass is 10.2. The Morgan fingerprint density at radius 1 is 1.10 bits per heavy atom. The predicted octanol–water partition coefficient (Wildman–Crippen LogP) is 3.98. The van der Waals surface area contributed by atoms with Crippen LogP contribution in [-0.2, 0) is 6.42 Å². The van der Waals surface area contributed by atoms with Crippen LogP contribution in [0.5, 0.6) is 0 Å². The van der Waals surface area contributed by atoms with E-state index in [1.54, 1.807) is 16.8 Å². The lowest BCUT2D eigenvalue weighted by molar-refractivity contribution is 0.101. The molecule has 2 aromatic carbocycles. The second-order valence-corrected chi connectivity index (χ2v) is 8.14. The summed E-state index contributed by atoms with van der Waals surface area (Å²) in [6.45, 7) is 0. The average Bonchev–Trinajstić information content (AvgIpc) is 3.36. The van der Waals surface area contributed by atoms with Gasteiger partial charge in [0.05, 0.1) is 5.69 Å². The molecule has 0 bridgehead atoms. The van der Waals surface area contributed by atoms with Crippen LogP contribution in [0.3, 0.4) is 0 Å². The van der Waals surface area contributed by atoms with Crippen LogP contribution in [0.4, 0.5) is 9.52 Å². The monoisotopic (exact) mass is 420 g/mol. The van der Waals surface area contributed by atoms with Crippen molar-refractivity contribution in [3.8, 4) is 5.69 Å². The van der Waals surface area contributed by atoms with Gasteiger partial charge in [0, 0.05) is 12.3 Å². The second kappa shape index (κ2) is 7.75. The first-order valence-electron chi connectivity index (χ1n) is 9.56. The lowest BCUT2D eigenvalue weighted by Crippen LogP contribution is -2.14. The van der Waals surface area contributed by atoms with Crippen LogP contribution in [0.1, 0.15) is 45.8 Å². The van der Waals surface area contributed by atoms with Gasteiger partial charge >= 0.3 is 0 Å². The van der Waals surface area contributed by atoms with Gasteiger partial charge in [0.15, 0.2) is 0 Å². The van der Waals surface area contributed by atoms with E-state index in [-0.39, 0.29) is 11.6 Å². The molecule has 1 aliphatic carbocycles. The summed E-state index contributed by atoms with van der Waals surface area (Å²) in [5.74, 6) is 0.549. The van der Waals surface area contributed by atoms with E-state index in [0.717, 1.165) is 34.9 Å². The third kappa shape index (κ3) is 3.97. The standard InChI is InChI=1S/C21H17FN6OS/c22-15-10-6-13(7-11-15)12-17-25-26-21(30-17)24-20(29)18-23-19(14-8-9-14)28(27-18)16-4-2-1-3-5-16/h1-7,10-11,14H,8-9,12H2,(H,24,26,29). The van der Waals surface area contributed by atoms with Gasteiger partial charge in [-0.05, 0) is 42.7 Å². The maximum atomic E-state index is 13.0. The Hall–Kier alpha value is -3.46. The van der Waals surface area contributed by atoms with Crippen molar-refractivity contribution in [2.24, 2.45) is 0 Å². The highest BCUT2D eigenvalue weighted by Gasteiger charge is 2.31. The third-order valence-electron chi connectivity index (χ3n) is 4.73. The Balaban J connectivity index is 1.32. The predicted molar refractivity (Wildman–Crippen MR) is 110 cm³/mol. The molecule has 2 heterocycles. The Morgan fingerprint density at radius 3 is 2.60 bits per heavy atom. The summed E-state index contributed by atoms with van der Waals surface area (Å²) >= 11 is 1.27. The fourth-order valence-electron chi connectivity index (χ4n) is 3.09. The highest BCUT2D eigenvalue weighted by atomic mass is 32.1. The fraction of sp³-hybridized carbons (Fsp3) is 0.190. The molecule has 1 fully saturated rings. The molecule has 1 aliphatic rings. The normalized spacial score (nSPS) is 13.4. The number of aromatic nitrogens is 5. The minimum Gasteiger partial charge on any atom is -0.294 e. The Bertz CT molecular complexity index is 1180. The van der Waals surface area contributed by atoms with Gasteiger partial charge in [-0.1, -0.05) is 41.7 Å². The molecule has 1 N–H and O–H groups in total. The topological polar surface area (TPSA) is 85.6 Å². The van der Waals surface area contributed by atoms with Gasteiger partial charge in [-0.2, -0.15) is 0 Å². The van der Waals surface area contributed by atoms with Crippen LogP contribution < -0.4 is 5.32 Å². The number of para-hydroxylation sites is 1. The summed E-state index contributed by atoms with van der Waals surface area (Å²) in [6.07, 6.45) is 2.62. The molecular formula is C21H17FN6OS. The number of nitrogens with one attached hydrogen (secondary N) is 1. The molecule has 7 nitrogen and oxygen atoms in total. The molecule has 0 aliphatic heterocycles. The zero-order valence-electron chi connectivity index (χ0n) is 15.8. The Labute approximate surface area is 175 Å². The van der Waals surface area contributed by atoms with Gasteiger partial charge in [-0.3, -0.25) is 10.1 Å². The fourth-order valence-corrected chi connectivity index (χ4v) is 3.86. The molecule has 1 amide bonds. The Morgan fingerprint density at radius 2 is 1.87 bits per heavy atom. The molecule has 0 spiro atoms. The van der Waals surface area contributed by atoms with E-state index in [9.17, 15) is 9.18 Å². The molecule has 0 radical (unpaired) electrons. The molecule has 0 unspecified atom stereocenters. The zero-order chi connectivity index (χ0) is 20.5. The number of rotatable bonds is 6. The van der Waals surface area contributed by atoms with Crippen molar-refractivity contribution in [3.05, 3.63) is 82.6 Å². The van der Waals surface area contributed by atoms with Crippen LogP contribution in [0.25, 0.3) is 5.69 Å². The lowest BCUT2D eigenvalue weighted by Gasteiger charge is -2.03. The Kier molecular flexibility index (Phi) is 4.80. The number of hydrogen-bond donors (Lipinski definition) is 1. The molecule has 0 atom stereocenters. The summed E-state index contributed by atoms with van der Waals surface area (Å²) in [7, 11) is 0. The van der Waals surface area contributed by atoms with E-state index in [0.29, 0.717) is 17.5 Å². The molecular weight excluding hydrogens is 403 g/mol. The molecule has 0 saturated heterocycles. The van der Waals surface area contributed by atoms with Crippen LogP contribution >= 0.6 is 11.3 Å². The molecule has 5 rings (SSSR count). The molecule has 1 saturated carbocycles. The largest absolute Gasteiger partial charge is 0.297 e. The van der Waals surface area contributed by atoms with Crippen molar-refractivity contribution >= 4 is 22.4 Å². The zero-order valence-corrected chi connectivity index (χ0v) is 16.6. The molecule has 150 valence electrons. The smallest absolute Gasteiger partial charge is 0.294 e. The van der Waals surface area contributed by atoms with Crippen molar-refractivity contribution in [2.45, 2.75) is 25.2 Å². The van der Waals surface area contributed by atoms with Gasteiger partial charge < -0.3 is 0 Å². The van der Waals surface area contributed by atoms with Gasteiger partial charge in [0.25, 0.3) is 5.91 Å². The molecule has 30 heavy (non-hydrogen) atoms. The van der Waals surface area contributed by atoms with E-state index in [1.165, 1.54) is 23.5 Å². The second-order valence-electron chi connectivity index (χ2n) is 7.07. The summed E-state index contributed by atoms with van der Waals surface area (Å²) in [5, 5.41) is 16.4. The summed E-state index contributed by atoms with van der Waals surface area (Å²) in [5.41, 5.74) is 1.80. The first-order chi connectivity index (χ1) is 14.7. The quantitative estimate of drug-likeness (QED) is 0.510. The van der Waals surface area contributed by atoms with E-state index in [1.807, 2.05) is 30.3 Å².